The first-order valence-electron chi connectivity index (χ1n) is 5.87. The van der Waals surface area contributed by atoms with Crippen LogP contribution in [-0.2, 0) is 21.4 Å². The molecule has 0 bridgehead atoms. The van der Waals surface area contributed by atoms with Crippen LogP contribution in [0.15, 0.2) is 29.6 Å². The van der Waals surface area contributed by atoms with Crippen molar-refractivity contribution in [1.29, 1.82) is 0 Å². The van der Waals surface area contributed by atoms with Crippen molar-refractivity contribution in [1.82, 2.24) is 4.98 Å². The maximum absolute atomic E-state index is 11.5. The van der Waals surface area contributed by atoms with E-state index >= 15 is 0 Å². The van der Waals surface area contributed by atoms with Crippen LogP contribution in [-0.4, -0.2) is 30.2 Å². The molecule has 0 amide bonds. The lowest BCUT2D eigenvalue weighted by Gasteiger charge is -2.01. The van der Waals surface area contributed by atoms with E-state index in [1.54, 1.807) is 5.38 Å². The summed E-state index contributed by atoms with van der Waals surface area (Å²) in [6.45, 7) is 0.442. The summed E-state index contributed by atoms with van der Waals surface area (Å²) in [4.78, 5) is 14.6. The summed E-state index contributed by atoms with van der Waals surface area (Å²) in [5.41, 5.74) is 7.93. The number of aliphatic carboxylic acids is 1. The number of anilines is 1. The third-order valence-electron chi connectivity index (χ3n) is 2.55. The second kappa shape index (κ2) is 6.20. The van der Waals surface area contributed by atoms with E-state index in [1.165, 1.54) is 0 Å². The Morgan fingerprint density at radius 2 is 2.00 bits per heavy atom. The highest BCUT2D eigenvalue weighted by atomic mass is 32.2. The number of nitrogens with zero attached hydrogens (tertiary/aromatic N) is 1. The zero-order valence-corrected chi connectivity index (χ0v) is 12.4. The van der Waals surface area contributed by atoms with Gasteiger partial charge in [-0.15, -0.1) is 11.3 Å². The van der Waals surface area contributed by atoms with Gasteiger partial charge < -0.3 is 10.8 Å². The van der Waals surface area contributed by atoms with Crippen LogP contribution >= 0.6 is 11.3 Å². The largest absolute Gasteiger partial charge is 0.480 e. The van der Waals surface area contributed by atoms with Crippen LogP contribution in [0.3, 0.4) is 0 Å². The molecule has 1 heterocycles. The maximum Gasteiger partial charge on any atom is 0.320 e. The Kier molecular flexibility index (Phi) is 4.56. The number of benzene rings is 1. The molecule has 1 aromatic carbocycles. The quantitative estimate of drug-likeness (QED) is 0.730. The molecule has 7 nitrogen and oxygen atoms in total. The van der Waals surface area contributed by atoms with E-state index in [9.17, 15) is 13.2 Å². The first-order chi connectivity index (χ1) is 9.89. The number of sulfonamides is 1. The van der Waals surface area contributed by atoms with Crippen molar-refractivity contribution < 1.29 is 18.3 Å². The van der Waals surface area contributed by atoms with Crippen LogP contribution in [0.5, 0.6) is 0 Å². The molecule has 0 fully saturated rings. The van der Waals surface area contributed by atoms with Gasteiger partial charge in [-0.3, -0.25) is 9.52 Å². The van der Waals surface area contributed by atoms with Gasteiger partial charge in [-0.25, -0.2) is 13.4 Å². The summed E-state index contributed by atoms with van der Waals surface area (Å²) >= 11 is 1.09. The third-order valence-corrected chi connectivity index (χ3v) is 4.56. The van der Waals surface area contributed by atoms with Crippen molar-refractivity contribution in [3.8, 4) is 11.3 Å². The van der Waals surface area contributed by atoms with E-state index in [2.05, 4.69) is 9.71 Å². The smallest absolute Gasteiger partial charge is 0.320 e. The first kappa shape index (κ1) is 15.4. The molecule has 0 saturated carbocycles. The van der Waals surface area contributed by atoms with Crippen molar-refractivity contribution in [2.45, 2.75) is 6.54 Å². The highest BCUT2D eigenvalue weighted by Gasteiger charge is 2.17. The molecule has 112 valence electrons. The van der Waals surface area contributed by atoms with Crippen molar-refractivity contribution in [3.05, 3.63) is 35.2 Å². The fraction of sp³-hybridized carbons (Fsp3) is 0.167. The summed E-state index contributed by atoms with van der Waals surface area (Å²) in [6, 6.07) is 7.41. The molecule has 4 N–H and O–H groups in total. The Morgan fingerprint density at radius 3 is 2.57 bits per heavy atom. The highest BCUT2D eigenvalue weighted by Crippen LogP contribution is 2.25. The van der Waals surface area contributed by atoms with Gasteiger partial charge in [0.25, 0.3) is 0 Å². The summed E-state index contributed by atoms with van der Waals surface area (Å²) < 4.78 is 25.1. The van der Waals surface area contributed by atoms with E-state index in [0.29, 0.717) is 12.2 Å². The van der Waals surface area contributed by atoms with Gasteiger partial charge in [-0.05, 0) is 5.56 Å². The fourth-order valence-corrected chi connectivity index (χ4v) is 3.44. The second-order valence-electron chi connectivity index (χ2n) is 4.19. The number of rotatable bonds is 6. The molecule has 0 aliphatic rings. The van der Waals surface area contributed by atoms with Crippen molar-refractivity contribution in [3.63, 3.8) is 0 Å². The van der Waals surface area contributed by atoms with Crippen LogP contribution in [0.1, 0.15) is 5.56 Å². The molecule has 0 spiro atoms. The standard InChI is InChI=1S/C12H13N3O4S2/c13-5-8-1-3-9(4-2-8)10-6-20-12(14-10)15-21(18,19)7-11(16)17/h1-4,6H,5,7,13H2,(H,14,15)(H,16,17). The summed E-state index contributed by atoms with van der Waals surface area (Å²) in [5.74, 6) is -2.41. The normalized spacial score (nSPS) is 11.3. The van der Waals surface area contributed by atoms with Crippen molar-refractivity contribution >= 4 is 32.5 Å². The minimum Gasteiger partial charge on any atom is -0.480 e. The van der Waals surface area contributed by atoms with Gasteiger partial charge in [-0.2, -0.15) is 0 Å². The van der Waals surface area contributed by atoms with E-state index in [-0.39, 0.29) is 5.13 Å². The molecule has 0 aliphatic heterocycles. The van der Waals surface area contributed by atoms with Crippen molar-refractivity contribution in [2.75, 3.05) is 10.5 Å². The number of nitrogens with two attached hydrogens (primary N) is 1. The minimum atomic E-state index is -3.93. The highest BCUT2D eigenvalue weighted by molar-refractivity contribution is 7.93. The number of aromatic nitrogens is 1. The summed E-state index contributed by atoms with van der Waals surface area (Å²) in [6.07, 6.45) is 0. The SMILES string of the molecule is NCc1ccc(-c2csc(NS(=O)(=O)CC(=O)O)n2)cc1. The molecule has 1 aromatic heterocycles. The van der Waals surface area contributed by atoms with Gasteiger partial charge in [-0.1, -0.05) is 24.3 Å². The Morgan fingerprint density at radius 1 is 1.33 bits per heavy atom. The lowest BCUT2D eigenvalue weighted by Crippen LogP contribution is -2.22. The van der Waals surface area contributed by atoms with Crippen molar-refractivity contribution in [2.24, 2.45) is 5.73 Å². The van der Waals surface area contributed by atoms with Crippen LogP contribution in [0.4, 0.5) is 5.13 Å². The molecule has 0 aliphatic carbocycles. The monoisotopic (exact) mass is 327 g/mol. The molecule has 0 saturated heterocycles. The molecule has 0 radical (unpaired) electrons. The first-order valence-corrected chi connectivity index (χ1v) is 8.40. The summed E-state index contributed by atoms with van der Waals surface area (Å²) in [7, 11) is -3.93. The van der Waals surface area contributed by atoms with Crippen LogP contribution in [0, 0.1) is 0 Å². The zero-order valence-electron chi connectivity index (χ0n) is 10.8. The van der Waals surface area contributed by atoms with Gasteiger partial charge in [0, 0.05) is 17.5 Å². The Hall–Kier alpha value is -1.97. The average molecular weight is 327 g/mol. The molecule has 0 atom stereocenters. The second-order valence-corrected chi connectivity index (χ2v) is 6.77. The molecule has 21 heavy (non-hydrogen) atoms. The topological polar surface area (TPSA) is 122 Å². The fourth-order valence-electron chi connectivity index (χ4n) is 1.60. The molecule has 2 aromatic rings. The Bertz CT molecular complexity index is 738. The zero-order chi connectivity index (χ0) is 15.5. The van der Waals surface area contributed by atoms with E-state index in [1.807, 2.05) is 24.3 Å². The van der Waals surface area contributed by atoms with Crippen LogP contribution in [0.2, 0.25) is 0 Å². The lowest BCUT2D eigenvalue weighted by molar-refractivity contribution is -0.134. The minimum absolute atomic E-state index is 0.133. The predicted octanol–water partition coefficient (Wildman–Crippen LogP) is 1.10. The third kappa shape index (κ3) is 4.25. The lowest BCUT2D eigenvalue weighted by atomic mass is 10.1. The van der Waals surface area contributed by atoms with Gasteiger partial charge in [0.2, 0.25) is 10.0 Å². The molecule has 0 unspecified atom stereocenters. The number of carboxylic acids is 1. The maximum atomic E-state index is 11.5. The number of carboxylic acid groups (broad SMARTS) is 1. The molecule has 2 rings (SSSR count). The molecular weight excluding hydrogens is 314 g/mol. The number of hydrogen-bond donors (Lipinski definition) is 3. The van der Waals surface area contributed by atoms with Crippen LogP contribution in [0.25, 0.3) is 11.3 Å². The number of hydrogen-bond acceptors (Lipinski definition) is 6. The van der Waals surface area contributed by atoms with Gasteiger partial charge in [0.15, 0.2) is 10.9 Å². The molecular formula is C12H13N3O4S2. The van der Waals surface area contributed by atoms with Gasteiger partial charge >= 0.3 is 5.97 Å². The Balaban J connectivity index is 2.16. The summed E-state index contributed by atoms with van der Waals surface area (Å²) in [5, 5.41) is 10.3. The van der Waals surface area contributed by atoms with E-state index in [4.69, 9.17) is 10.8 Å². The predicted molar refractivity (Wildman–Crippen MR) is 80.5 cm³/mol. The molecule has 9 heteroatoms. The van der Waals surface area contributed by atoms with E-state index < -0.39 is 21.7 Å². The van der Waals surface area contributed by atoms with Crippen LogP contribution < -0.4 is 10.5 Å². The van der Waals surface area contributed by atoms with Gasteiger partial charge in [0.05, 0.1) is 5.69 Å². The average Bonchev–Trinajstić information content (AvgIpc) is 2.85. The Labute approximate surface area is 125 Å². The number of thiazole rings is 1. The number of nitrogens with one attached hydrogen (secondary N) is 1. The van der Waals surface area contributed by atoms with Gasteiger partial charge in [0.1, 0.15) is 0 Å². The van der Waals surface area contributed by atoms with E-state index in [0.717, 1.165) is 22.5 Å². The number of carbonyl (C=O) groups is 1.